The second-order valence-electron chi connectivity index (χ2n) is 7.15. The van der Waals surface area contributed by atoms with Crippen LogP contribution in [0.2, 0.25) is 0 Å². The molecule has 7 heteroatoms. The summed E-state index contributed by atoms with van der Waals surface area (Å²) in [5.41, 5.74) is 2.34. The first-order chi connectivity index (χ1) is 13.7. The molecule has 1 fully saturated rings. The minimum absolute atomic E-state index is 0.647. The SMILES string of the molecule is CCNC(=NCc1ccnc(N2CCCCCC2)c1)NCCc1csc(C)n1. The number of anilines is 1. The molecule has 28 heavy (non-hydrogen) atoms. The number of hydrogen-bond acceptors (Lipinski definition) is 5. The van der Waals surface area contributed by atoms with Gasteiger partial charge in [-0.2, -0.15) is 0 Å². The number of aliphatic imine (C=N–C) groups is 1. The van der Waals surface area contributed by atoms with Gasteiger partial charge in [-0.25, -0.2) is 15.0 Å². The minimum atomic E-state index is 0.647. The summed E-state index contributed by atoms with van der Waals surface area (Å²) in [4.78, 5) is 16.3. The lowest BCUT2D eigenvalue weighted by molar-refractivity contribution is 0.726. The van der Waals surface area contributed by atoms with Gasteiger partial charge in [-0.3, -0.25) is 0 Å². The number of nitrogens with one attached hydrogen (secondary N) is 2. The van der Waals surface area contributed by atoms with Crippen LogP contribution >= 0.6 is 11.3 Å². The molecule has 152 valence electrons. The molecule has 0 bridgehead atoms. The van der Waals surface area contributed by atoms with Crippen molar-refractivity contribution in [1.29, 1.82) is 0 Å². The first-order valence-electron chi connectivity index (χ1n) is 10.4. The van der Waals surface area contributed by atoms with E-state index in [-0.39, 0.29) is 0 Å². The van der Waals surface area contributed by atoms with E-state index in [0.717, 1.165) is 55.1 Å². The summed E-state index contributed by atoms with van der Waals surface area (Å²) in [5.74, 6) is 1.94. The highest BCUT2D eigenvalue weighted by Crippen LogP contribution is 2.18. The van der Waals surface area contributed by atoms with E-state index in [1.165, 1.54) is 31.2 Å². The molecule has 0 amide bonds. The standard InChI is InChI=1S/C21H32N6S/c1-3-22-21(24-11-9-19-16-28-17(2)26-19)25-15-18-8-10-23-20(14-18)27-12-6-4-5-7-13-27/h8,10,14,16H,3-7,9,11-13,15H2,1-2H3,(H2,22,24,25). The molecule has 0 spiro atoms. The van der Waals surface area contributed by atoms with Gasteiger partial charge in [0.1, 0.15) is 5.82 Å². The van der Waals surface area contributed by atoms with E-state index in [1.54, 1.807) is 11.3 Å². The fraction of sp³-hybridized carbons (Fsp3) is 0.571. The zero-order valence-electron chi connectivity index (χ0n) is 17.1. The van der Waals surface area contributed by atoms with Gasteiger partial charge in [0.05, 0.1) is 17.2 Å². The van der Waals surface area contributed by atoms with Gasteiger partial charge in [0, 0.05) is 44.2 Å². The number of rotatable bonds is 7. The van der Waals surface area contributed by atoms with Gasteiger partial charge in [0.2, 0.25) is 0 Å². The van der Waals surface area contributed by atoms with Crippen LogP contribution in [0.15, 0.2) is 28.7 Å². The summed E-state index contributed by atoms with van der Waals surface area (Å²) < 4.78 is 0. The van der Waals surface area contributed by atoms with Crippen LogP contribution in [0.4, 0.5) is 5.82 Å². The number of thiazole rings is 1. The first kappa shape index (κ1) is 20.6. The third-order valence-electron chi connectivity index (χ3n) is 4.84. The quantitative estimate of drug-likeness (QED) is 0.550. The topological polar surface area (TPSA) is 65.4 Å². The number of guanidine groups is 1. The van der Waals surface area contributed by atoms with E-state index >= 15 is 0 Å². The molecular weight excluding hydrogens is 368 g/mol. The predicted molar refractivity (Wildman–Crippen MR) is 118 cm³/mol. The number of nitrogens with zero attached hydrogens (tertiary/aromatic N) is 4. The average Bonchev–Trinajstić information content (AvgIpc) is 2.95. The number of aryl methyl sites for hydroxylation is 1. The second kappa shape index (κ2) is 11.0. The molecule has 1 aliphatic rings. The molecular formula is C21H32N6S. The van der Waals surface area contributed by atoms with Crippen LogP contribution in [0.1, 0.15) is 48.9 Å². The zero-order chi connectivity index (χ0) is 19.6. The lowest BCUT2D eigenvalue weighted by Gasteiger charge is -2.21. The summed E-state index contributed by atoms with van der Waals surface area (Å²) >= 11 is 1.70. The van der Waals surface area contributed by atoms with Crippen molar-refractivity contribution in [3.63, 3.8) is 0 Å². The van der Waals surface area contributed by atoms with Crippen molar-refractivity contribution in [2.45, 2.75) is 52.5 Å². The van der Waals surface area contributed by atoms with E-state index in [4.69, 9.17) is 4.99 Å². The normalized spacial score (nSPS) is 15.4. The largest absolute Gasteiger partial charge is 0.357 e. The maximum atomic E-state index is 4.76. The summed E-state index contributed by atoms with van der Waals surface area (Å²) in [5, 5.41) is 9.98. The Labute approximate surface area is 172 Å². The molecule has 0 radical (unpaired) electrons. The second-order valence-corrected chi connectivity index (χ2v) is 8.22. The molecule has 3 rings (SSSR count). The van der Waals surface area contributed by atoms with Crippen LogP contribution in [0.25, 0.3) is 0 Å². The summed E-state index contributed by atoms with van der Waals surface area (Å²) in [6.45, 7) is 8.67. The predicted octanol–water partition coefficient (Wildman–Crippen LogP) is 3.52. The zero-order valence-corrected chi connectivity index (χ0v) is 17.9. The number of pyridine rings is 1. The van der Waals surface area contributed by atoms with Crippen LogP contribution < -0.4 is 15.5 Å². The van der Waals surface area contributed by atoms with Gasteiger partial charge >= 0.3 is 0 Å². The molecule has 0 aromatic carbocycles. The molecule has 0 saturated carbocycles. The van der Waals surface area contributed by atoms with Crippen LogP contribution in [0.3, 0.4) is 0 Å². The lowest BCUT2D eigenvalue weighted by atomic mass is 10.2. The van der Waals surface area contributed by atoms with E-state index in [9.17, 15) is 0 Å². The van der Waals surface area contributed by atoms with Crippen molar-refractivity contribution in [2.75, 3.05) is 31.1 Å². The van der Waals surface area contributed by atoms with E-state index in [2.05, 4.69) is 49.9 Å². The Balaban J connectivity index is 1.56. The van der Waals surface area contributed by atoms with Crippen molar-refractivity contribution in [2.24, 2.45) is 4.99 Å². The van der Waals surface area contributed by atoms with Gasteiger partial charge in [0.25, 0.3) is 0 Å². The highest BCUT2D eigenvalue weighted by atomic mass is 32.1. The van der Waals surface area contributed by atoms with Crippen molar-refractivity contribution in [3.05, 3.63) is 40.0 Å². The summed E-state index contributed by atoms with van der Waals surface area (Å²) in [7, 11) is 0. The Morgan fingerprint density at radius 1 is 1.21 bits per heavy atom. The van der Waals surface area contributed by atoms with Crippen LogP contribution in [0.5, 0.6) is 0 Å². The minimum Gasteiger partial charge on any atom is -0.357 e. The highest BCUT2D eigenvalue weighted by molar-refractivity contribution is 7.09. The van der Waals surface area contributed by atoms with Gasteiger partial charge in [0.15, 0.2) is 5.96 Å². The van der Waals surface area contributed by atoms with Crippen LogP contribution in [-0.4, -0.2) is 42.1 Å². The maximum Gasteiger partial charge on any atom is 0.191 e. The Morgan fingerprint density at radius 2 is 2.04 bits per heavy atom. The van der Waals surface area contributed by atoms with Gasteiger partial charge < -0.3 is 15.5 Å². The van der Waals surface area contributed by atoms with Gasteiger partial charge in [-0.15, -0.1) is 11.3 Å². The molecule has 2 aromatic rings. The number of hydrogen-bond donors (Lipinski definition) is 2. The number of aromatic nitrogens is 2. The van der Waals surface area contributed by atoms with Crippen molar-refractivity contribution < 1.29 is 0 Å². The third kappa shape index (κ3) is 6.48. The average molecular weight is 401 g/mol. The van der Waals surface area contributed by atoms with Gasteiger partial charge in [-0.05, 0) is 44.4 Å². The molecule has 2 N–H and O–H groups in total. The van der Waals surface area contributed by atoms with Crippen molar-refractivity contribution in [1.82, 2.24) is 20.6 Å². The van der Waals surface area contributed by atoms with E-state index < -0.39 is 0 Å². The molecule has 0 atom stereocenters. The molecule has 0 aliphatic carbocycles. The Bertz CT molecular complexity index is 749. The summed E-state index contributed by atoms with van der Waals surface area (Å²) in [6.07, 6.45) is 8.00. The Kier molecular flexibility index (Phi) is 8.08. The molecule has 1 saturated heterocycles. The Morgan fingerprint density at radius 3 is 2.75 bits per heavy atom. The van der Waals surface area contributed by atoms with E-state index in [0.29, 0.717) is 6.54 Å². The molecule has 6 nitrogen and oxygen atoms in total. The molecule has 1 aliphatic heterocycles. The van der Waals surface area contributed by atoms with Crippen molar-refractivity contribution in [3.8, 4) is 0 Å². The van der Waals surface area contributed by atoms with Crippen LogP contribution in [-0.2, 0) is 13.0 Å². The first-order valence-corrected chi connectivity index (χ1v) is 11.3. The molecule has 3 heterocycles. The maximum absolute atomic E-state index is 4.76. The summed E-state index contributed by atoms with van der Waals surface area (Å²) in [6, 6.07) is 4.25. The Hall–Kier alpha value is -2.15. The third-order valence-corrected chi connectivity index (χ3v) is 5.67. The van der Waals surface area contributed by atoms with Crippen molar-refractivity contribution >= 4 is 23.1 Å². The highest BCUT2D eigenvalue weighted by Gasteiger charge is 2.11. The lowest BCUT2D eigenvalue weighted by Crippen LogP contribution is -2.38. The smallest absolute Gasteiger partial charge is 0.191 e. The van der Waals surface area contributed by atoms with E-state index in [1.807, 2.05) is 13.1 Å². The fourth-order valence-electron chi connectivity index (χ4n) is 3.38. The molecule has 2 aromatic heterocycles. The van der Waals surface area contributed by atoms with Gasteiger partial charge in [-0.1, -0.05) is 12.8 Å². The fourth-order valence-corrected chi connectivity index (χ4v) is 4.02. The monoisotopic (exact) mass is 400 g/mol. The molecule has 0 unspecified atom stereocenters. The van der Waals surface area contributed by atoms with Crippen LogP contribution in [0, 0.1) is 6.92 Å².